The fraction of sp³-hybridized carbons (Fsp3) is 0.312. The maximum absolute atomic E-state index is 12.6. The Kier molecular flexibility index (Phi) is 2.49. The lowest BCUT2D eigenvalue weighted by Gasteiger charge is -2.06. The standard InChI is InChI=1S/C16H14O2S/c17-16-12(7-10-4-6-19-9-10)8-11-1-2-14-13(15(11)16)3-5-18-14/h1-2,4,6,9,12H,3,5,7-8H2. The van der Waals surface area contributed by atoms with E-state index in [2.05, 4.69) is 22.9 Å². The Bertz CT molecular complexity index is 643. The van der Waals surface area contributed by atoms with Gasteiger partial charge in [-0.15, -0.1) is 0 Å². The highest BCUT2D eigenvalue weighted by molar-refractivity contribution is 7.07. The zero-order valence-corrected chi connectivity index (χ0v) is 11.3. The van der Waals surface area contributed by atoms with Crippen molar-refractivity contribution >= 4 is 17.1 Å². The second kappa shape index (κ2) is 4.20. The van der Waals surface area contributed by atoms with Gasteiger partial charge >= 0.3 is 0 Å². The van der Waals surface area contributed by atoms with Crippen LogP contribution in [0.5, 0.6) is 5.75 Å². The van der Waals surface area contributed by atoms with Gasteiger partial charge in [-0.2, -0.15) is 11.3 Å². The van der Waals surface area contributed by atoms with Crippen LogP contribution < -0.4 is 4.74 Å². The van der Waals surface area contributed by atoms with E-state index in [1.807, 2.05) is 6.07 Å². The summed E-state index contributed by atoms with van der Waals surface area (Å²) in [6.07, 6.45) is 2.64. The van der Waals surface area contributed by atoms with Gasteiger partial charge in [0.05, 0.1) is 6.61 Å². The number of thiophene rings is 1. The van der Waals surface area contributed by atoms with Crippen LogP contribution in [0.2, 0.25) is 0 Å². The van der Waals surface area contributed by atoms with Gasteiger partial charge in [-0.25, -0.2) is 0 Å². The molecule has 2 aromatic rings. The van der Waals surface area contributed by atoms with Crippen molar-refractivity contribution in [1.29, 1.82) is 0 Å². The Morgan fingerprint density at radius 1 is 1.32 bits per heavy atom. The van der Waals surface area contributed by atoms with Gasteiger partial charge in [0.1, 0.15) is 5.75 Å². The molecule has 3 heteroatoms. The molecule has 2 aliphatic rings. The molecule has 2 heterocycles. The molecule has 0 saturated carbocycles. The van der Waals surface area contributed by atoms with Gasteiger partial charge < -0.3 is 4.74 Å². The van der Waals surface area contributed by atoms with Crippen LogP contribution in [-0.4, -0.2) is 12.4 Å². The molecule has 2 nitrogen and oxygen atoms in total. The molecular weight excluding hydrogens is 256 g/mol. The highest BCUT2D eigenvalue weighted by atomic mass is 32.1. The summed E-state index contributed by atoms with van der Waals surface area (Å²) >= 11 is 1.70. The molecule has 0 N–H and O–H groups in total. The summed E-state index contributed by atoms with van der Waals surface area (Å²) in [4.78, 5) is 12.6. The van der Waals surface area contributed by atoms with E-state index in [1.165, 1.54) is 11.1 Å². The molecule has 1 unspecified atom stereocenters. The third-order valence-corrected chi connectivity index (χ3v) is 4.84. The summed E-state index contributed by atoms with van der Waals surface area (Å²) in [6.45, 7) is 0.717. The van der Waals surface area contributed by atoms with Gasteiger partial charge in [0.2, 0.25) is 0 Å². The predicted octanol–water partition coefficient (Wildman–Crippen LogP) is 3.28. The SMILES string of the molecule is O=C1c2c(ccc3c2CCO3)CC1Cc1ccsc1. The van der Waals surface area contributed by atoms with Gasteiger partial charge in [-0.3, -0.25) is 4.79 Å². The van der Waals surface area contributed by atoms with E-state index in [0.29, 0.717) is 12.4 Å². The molecular formula is C16H14O2S. The number of benzene rings is 1. The number of fused-ring (bicyclic) bond motifs is 3. The lowest BCUT2D eigenvalue weighted by molar-refractivity contribution is 0.0935. The predicted molar refractivity (Wildman–Crippen MR) is 75.2 cm³/mol. The fourth-order valence-electron chi connectivity index (χ4n) is 3.22. The molecule has 0 amide bonds. The molecule has 4 rings (SSSR count). The zero-order valence-electron chi connectivity index (χ0n) is 10.5. The van der Waals surface area contributed by atoms with Crippen molar-refractivity contribution in [2.75, 3.05) is 6.61 Å². The summed E-state index contributed by atoms with van der Waals surface area (Å²) < 4.78 is 5.56. The first-order valence-electron chi connectivity index (χ1n) is 6.66. The smallest absolute Gasteiger partial charge is 0.167 e. The van der Waals surface area contributed by atoms with Gasteiger partial charge in [0, 0.05) is 23.5 Å². The number of ether oxygens (including phenoxy) is 1. The summed E-state index contributed by atoms with van der Waals surface area (Å²) in [6, 6.07) is 6.22. The largest absolute Gasteiger partial charge is 0.493 e. The number of hydrogen-bond acceptors (Lipinski definition) is 3. The zero-order chi connectivity index (χ0) is 12.8. The van der Waals surface area contributed by atoms with Crippen LogP contribution in [0.3, 0.4) is 0 Å². The van der Waals surface area contributed by atoms with Crippen molar-refractivity contribution < 1.29 is 9.53 Å². The lowest BCUT2D eigenvalue weighted by Crippen LogP contribution is -2.12. The van der Waals surface area contributed by atoms with Gasteiger partial charge in [0.15, 0.2) is 5.78 Å². The molecule has 0 fully saturated rings. The van der Waals surface area contributed by atoms with Crippen molar-refractivity contribution in [3.8, 4) is 5.75 Å². The molecule has 0 spiro atoms. The molecule has 0 radical (unpaired) electrons. The van der Waals surface area contributed by atoms with Crippen LogP contribution >= 0.6 is 11.3 Å². The van der Waals surface area contributed by atoms with Crippen molar-refractivity contribution in [3.05, 3.63) is 51.2 Å². The summed E-state index contributed by atoms with van der Waals surface area (Å²) in [5.74, 6) is 1.36. The van der Waals surface area contributed by atoms with E-state index in [4.69, 9.17) is 4.74 Å². The minimum atomic E-state index is 0.122. The molecule has 1 atom stereocenters. The van der Waals surface area contributed by atoms with E-state index < -0.39 is 0 Å². The molecule has 0 saturated heterocycles. The van der Waals surface area contributed by atoms with Crippen molar-refractivity contribution in [1.82, 2.24) is 0 Å². The van der Waals surface area contributed by atoms with E-state index >= 15 is 0 Å². The van der Waals surface area contributed by atoms with E-state index in [-0.39, 0.29) is 5.92 Å². The van der Waals surface area contributed by atoms with Crippen molar-refractivity contribution in [2.45, 2.75) is 19.3 Å². The summed E-state index contributed by atoms with van der Waals surface area (Å²) in [5.41, 5.74) is 4.61. The fourth-order valence-corrected chi connectivity index (χ4v) is 3.90. The molecule has 1 aromatic heterocycles. The lowest BCUT2D eigenvalue weighted by atomic mass is 9.96. The van der Waals surface area contributed by atoms with Crippen molar-refractivity contribution in [3.63, 3.8) is 0 Å². The Morgan fingerprint density at radius 3 is 3.11 bits per heavy atom. The average Bonchev–Trinajstić information content (AvgIpc) is 3.11. The first-order chi connectivity index (χ1) is 9.33. The maximum atomic E-state index is 12.6. The highest BCUT2D eigenvalue weighted by Gasteiger charge is 2.34. The number of hydrogen-bond donors (Lipinski definition) is 0. The molecule has 96 valence electrons. The number of carbonyl (C=O) groups is 1. The third-order valence-electron chi connectivity index (χ3n) is 4.11. The normalized spacial score (nSPS) is 20.2. The Morgan fingerprint density at radius 2 is 2.26 bits per heavy atom. The number of rotatable bonds is 2. The van der Waals surface area contributed by atoms with Gasteiger partial charge in [-0.05, 0) is 46.9 Å². The van der Waals surface area contributed by atoms with Crippen LogP contribution in [0.1, 0.15) is 27.0 Å². The van der Waals surface area contributed by atoms with E-state index in [1.54, 1.807) is 11.3 Å². The minimum absolute atomic E-state index is 0.122. The Balaban J connectivity index is 1.69. The molecule has 1 aliphatic carbocycles. The second-order valence-electron chi connectivity index (χ2n) is 5.28. The first-order valence-corrected chi connectivity index (χ1v) is 7.60. The molecule has 1 aromatic carbocycles. The molecule has 1 aliphatic heterocycles. The number of ketones is 1. The third kappa shape index (κ3) is 1.72. The van der Waals surface area contributed by atoms with Crippen LogP contribution in [0.15, 0.2) is 29.0 Å². The quantitative estimate of drug-likeness (QED) is 0.837. The molecule has 0 bridgehead atoms. The minimum Gasteiger partial charge on any atom is -0.493 e. The number of Topliss-reactive ketones (excluding diaryl/α,β-unsaturated/α-hetero) is 1. The maximum Gasteiger partial charge on any atom is 0.167 e. The second-order valence-corrected chi connectivity index (χ2v) is 6.06. The average molecular weight is 270 g/mol. The Hall–Kier alpha value is -1.61. The van der Waals surface area contributed by atoms with Gasteiger partial charge in [0.25, 0.3) is 0 Å². The Labute approximate surface area is 116 Å². The van der Waals surface area contributed by atoms with Crippen molar-refractivity contribution in [2.24, 2.45) is 5.92 Å². The van der Waals surface area contributed by atoms with Crippen LogP contribution in [0.4, 0.5) is 0 Å². The highest BCUT2D eigenvalue weighted by Crippen LogP contribution is 2.38. The van der Waals surface area contributed by atoms with Crippen LogP contribution in [0, 0.1) is 5.92 Å². The topological polar surface area (TPSA) is 26.3 Å². The van der Waals surface area contributed by atoms with E-state index in [9.17, 15) is 4.79 Å². The first kappa shape index (κ1) is 11.2. The summed E-state index contributed by atoms with van der Waals surface area (Å²) in [5, 5.41) is 4.22. The van der Waals surface area contributed by atoms with Crippen LogP contribution in [0.25, 0.3) is 0 Å². The van der Waals surface area contributed by atoms with Crippen LogP contribution in [-0.2, 0) is 19.3 Å². The summed E-state index contributed by atoms with van der Waals surface area (Å²) in [7, 11) is 0. The number of carbonyl (C=O) groups excluding carboxylic acids is 1. The molecule has 19 heavy (non-hydrogen) atoms. The van der Waals surface area contributed by atoms with Gasteiger partial charge in [-0.1, -0.05) is 6.07 Å². The monoisotopic (exact) mass is 270 g/mol. The van der Waals surface area contributed by atoms with E-state index in [0.717, 1.165) is 36.1 Å².